The van der Waals surface area contributed by atoms with E-state index in [0.717, 1.165) is 36.3 Å². The van der Waals surface area contributed by atoms with E-state index in [2.05, 4.69) is 10.2 Å². The number of alkyl halides is 2. The molecule has 0 saturated heterocycles. The molecule has 6 nitrogen and oxygen atoms in total. The molecule has 1 saturated carbocycles. The van der Waals surface area contributed by atoms with Crippen LogP contribution >= 0.6 is 11.6 Å². The minimum Gasteiger partial charge on any atom is -0.340 e. The quantitative estimate of drug-likeness (QED) is 0.710. The topological polar surface area (TPSA) is 56.0 Å². The number of aromatic nitrogens is 4. The highest BCUT2D eigenvalue weighted by Gasteiger charge is 2.34. The Morgan fingerprint density at radius 1 is 1.30 bits per heavy atom. The van der Waals surface area contributed by atoms with E-state index in [9.17, 15) is 13.6 Å². The monoisotopic (exact) mass is 399 g/mol. The molecule has 3 rings (SSSR count). The SMILES string of the molecule is CCn1nc(C)c(CN(C)C(=O)Cn2nc(C(F)F)c(Cl)c2C2CC2)c1C. The van der Waals surface area contributed by atoms with Crippen LogP contribution in [0, 0.1) is 13.8 Å². The van der Waals surface area contributed by atoms with Crippen LogP contribution in [0.1, 0.15) is 60.4 Å². The number of hydrogen-bond acceptors (Lipinski definition) is 3. The first-order valence-electron chi connectivity index (χ1n) is 9.05. The molecule has 1 fully saturated rings. The maximum absolute atomic E-state index is 13.1. The number of nitrogens with zero attached hydrogens (tertiary/aromatic N) is 5. The Bertz CT molecular complexity index is 857. The van der Waals surface area contributed by atoms with Crippen LogP contribution in [0.2, 0.25) is 5.02 Å². The molecule has 2 aromatic rings. The van der Waals surface area contributed by atoms with Crippen LogP contribution in [-0.2, 0) is 24.4 Å². The number of amides is 1. The van der Waals surface area contributed by atoms with Crippen LogP contribution in [0.5, 0.6) is 0 Å². The first-order chi connectivity index (χ1) is 12.7. The summed E-state index contributed by atoms with van der Waals surface area (Å²) in [6.45, 7) is 6.97. The fraction of sp³-hybridized carbons (Fsp3) is 0.611. The first-order valence-corrected chi connectivity index (χ1v) is 9.43. The normalized spacial score (nSPS) is 14.2. The van der Waals surface area contributed by atoms with Gasteiger partial charge in [0.15, 0.2) is 0 Å². The number of halogens is 3. The molecule has 148 valence electrons. The summed E-state index contributed by atoms with van der Waals surface area (Å²) in [4.78, 5) is 14.3. The summed E-state index contributed by atoms with van der Waals surface area (Å²) in [6, 6.07) is 0. The Morgan fingerprint density at radius 2 is 1.96 bits per heavy atom. The summed E-state index contributed by atoms with van der Waals surface area (Å²) in [5.41, 5.74) is 3.02. The lowest BCUT2D eigenvalue weighted by atomic mass is 10.2. The van der Waals surface area contributed by atoms with E-state index in [1.807, 2.05) is 25.5 Å². The van der Waals surface area contributed by atoms with Gasteiger partial charge >= 0.3 is 0 Å². The van der Waals surface area contributed by atoms with Crippen molar-refractivity contribution in [2.45, 2.75) is 65.6 Å². The second-order valence-corrected chi connectivity index (χ2v) is 7.41. The molecular weight excluding hydrogens is 376 g/mol. The minimum absolute atomic E-state index is 0.00105. The van der Waals surface area contributed by atoms with Gasteiger partial charge in [-0.25, -0.2) is 8.78 Å². The minimum atomic E-state index is -2.76. The van der Waals surface area contributed by atoms with Gasteiger partial charge in [-0.15, -0.1) is 0 Å². The van der Waals surface area contributed by atoms with E-state index in [-0.39, 0.29) is 23.4 Å². The number of aryl methyl sites for hydroxylation is 2. The molecule has 0 unspecified atom stereocenters. The summed E-state index contributed by atoms with van der Waals surface area (Å²) in [5.74, 6) is -0.0946. The van der Waals surface area contributed by atoms with Crippen molar-refractivity contribution in [3.8, 4) is 0 Å². The highest BCUT2D eigenvalue weighted by molar-refractivity contribution is 6.32. The molecule has 0 aromatic carbocycles. The highest BCUT2D eigenvalue weighted by Crippen LogP contribution is 2.45. The van der Waals surface area contributed by atoms with Gasteiger partial charge in [-0.05, 0) is 33.6 Å². The highest BCUT2D eigenvalue weighted by atomic mass is 35.5. The van der Waals surface area contributed by atoms with Crippen molar-refractivity contribution in [2.24, 2.45) is 0 Å². The third kappa shape index (κ3) is 3.85. The average Bonchev–Trinajstić information content (AvgIpc) is 3.34. The van der Waals surface area contributed by atoms with Crippen molar-refractivity contribution >= 4 is 17.5 Å². The maximum Gasteiger partial charge on any atom is 0.283 e. The van der Waals surface area contributed by atoms with Crippen molar-refractivity contribution in [3.63, 3.8) is 0 Å². The van der Waals surface area contributed by atoms with Gasteiger partial charge in [-0.1, -0.05) is 11.6 Å². The molecule has 0 atom stereocenters. The Balaban J connectivity index is 1.77. The molecular formula is C18H24ClF2N5O. The summed E-state index contributed by atoms with van der Waals surface area (Å²) in [7, 11) is 1.69. The lowest BCUT2D eigenvalue weighted by Gasteiger charge is -2.18. The Labute approximate surface area is 162 Å². The van der Waals surface area contributed by atoms with E-state index >= 15 is 0 Å². The van der Waals surface area contributed by atoms with E-state index in [1.165, 1.54) is 4.68 Å². The molecule has 2 heterocycles. The van der Waals surface area contributed by atoms with E-state index in [1.54, 1.807) is 11.9 Å². The molecule has 0 radical (unpaired) electrons. The Morgan fingerprint density at radius 3 is 2.48 bits per heavy atom. The van der Waals surface area contributed by atoms with Crippen molar-refractivity contribution in [1.82, 2.24) is 24.5 Å². The first kappa shape index (κ1) is 19.8. The Kier molecular flexibility index (Phi) is 5.55. The zero-order valence-electron chi connectivity index (χ0n) is 16.0. The van der Waals surface area contributed by atoms with Crippen molar-refractivity contribution < 1.29 is 13.6 Å². The van der Waals surface area contributed by atoms with E-state index in [4.69, 9.17) is 11.6 Å². The second-order valence-electron chi connectivity index (χ2n) is 7.03. The standard InChI is InChI=1S/C18H24ClF2N5O/c1-5-25-11(3)13(10(2)22-25)8-24(4)14(27)9-26-17(12-6-7-12)15(19)16(23-26)18(20)21/h12,18H,5-9H2,1-4H3. The lowest BCUT2D eigenvalue weighted by Crippen LogP contribution is -2.31. The van der Waals surface area contributed by atoms with Gasteiger partial charge in [-0.3, -0.25) is 14.2 Å². The molecule has 2 aromatic heterocycles. The van der Waals surface area contributed by atoms with Gasteiger partial charge in [0.2, 0.25) is 5.91 Å². The molecule has 1 amide bonds. The zero-order chi connectivity index (χ0) is 19.9. The Hall–Kier alpha value is -1.96. The smallest absolute Gasteiger partial charge is 0.283 e. The maximum atomic E-state index is 13.1. The van der Waals surface area contributed by atoms with Gasteiger partial charge in [0.25, 0.3) is 6.43 Å². The van der Waals surface area contributed by atoms with Crippen LogP contribution in [0.15, 0.2) is 0 Å². The third-order valence-corrected chi connectivity index (χ3v) is 5.45. The van der Waals surface area contributed by atoms with Gasteiger partial charge < -0.3 is 4.90 Å². The van der Waals surface area contributed by atoms with Crippen molar-refractivity contribution in [1.29, 1.82) is 0 Å². The summed E-state index contributed by atoms with van der Waals surface area (Å²) in [6.07, 6.45) is -0.992. The van der Waals surface area contributed by atoms with Crippen LogP contribution in [-0.4, -0.2) is 37.4 Å². The van der Waals surface area contributed by atoms with Gasteiger partial charge in [0, 0.05) is 37.3 Å². The number of carbonyl (C=O) groups is 1. The van der Waals surface area contributed by atoms with Gasteiger partial charge in [-0.2, -0.15) is 10.2 Å². The molecule has 0 aliphatic heterocycles. The predicted octanol–water partition coefficient (Wildman–Crippen LogP) is 3.84. The van der Waals surface area contributed by atoms with E-state index < -0.39 is 12.1 Å². The molecule has 0 spiro atoms. The lowest BCUT2D eigenvalue weighted by molar-refractivity contribution is -0.131. The van der Waals surface area contributed by atoms with Gasteiger partial charge in [0.05, 0.1) is 16.4 Å². The predicted molar refractivity (Wildman–Crippen MR) is 98.0 cm³/mol. The summed E-state index contributed by atoms with van der Waals surface area (Å²) in [5, 5.41) is 8.39. The summed E-state index contributed by atoms with van der Waals surface area (Å²) < 4.78 is 29.6. The van der Waals surface area contributed by atoms with E-state index in [0.29, 0.717) is 12.2 Å². The molecule has 9 heteroatoms. The van der Waals surface area contributed by atoms with Crippen molar-refractivity contribution in [2.75, 3.05) is 7.05 Å². The van der Waals surface area contributed by atoms with Crippen LogP contribution in [0.4, 0.5) is 8.78 Å². The summed E-state index contributed by atoms with van der Waals surface area (Å²) >= 11 is 6.11. The fourth-order valence-corrected chi connectivity index (χ4v) is 3.70. The third-order valence-electron chi connectivity index (χ3n) is 5.06. The number of carbonyl (C=O) groups excluding carboxylic acids is 1. The van der Waals surface area contributed by atoms with Crippen molar-refractivity contribution in [3.05, 3.63) is 33.4 Å². The number of hydrogen-bond donors (Lipinski definition) is 0. The molecule has 1 aliphatic rings. The number of rotatable bonds is 7. The second kappa shape index (κ2) is 7.58. The van der Waals surface area contributed by atoms with Crippen LogP contribution in [0.3, 0.4) is 0 Å². The fourth-order valence-electron chi connectivity index (χ4n) is 3.32. The zero-order valence-corrected chi connectivity index (χ0v) is 16.7. The molecule has 27 heavy (non-hydrogen) atoms. The van der Waals surface area contributed by atoms with Gasteiger partial charge in [0.1, 0.15) is 12.2 Å². The molecule has 1 aliphatic carbocycles. The largest absolute Gasteiger partial charge is 0.340 e. The number of likely N-dealkylation sites (N-methyl/N-ethyl adjacent to an activating group) is 1. The average molecular weight is 400 g/mol. The van der Waals surface area contributed by atoms with Crippen LogP contribution < -0.4 is 0 Å². The van der Waals surface area contributed by atoms with Crippen LogP contribution in [0.25, 0.3) is 0 Å². The molecule has 0 bridgehead atoms. The molecule has 0 N–H and O–H groups in total.